The minimum absolute atomic E-state index is 0.477. The number of hydrogen-bond acceptors (Lipinski definition) is 3. The monoisotopic (exact) mass is 382 g/mol. The van der Waals surface area contributed by atoms with Crippen molar-refractivity contribution in [3.05, 3.63) is 58.7 Å². The number of aryl methyl sites for hydroxylation is 2. The molecule has 3 heteroatoms. The van der Waals surface area contributed by atoms with Gasteiger partial charge in [0.15, 0.2) is 0 Å². The van der Waals surface area contributed by atoms with E-state index in [4.69, 9.17) is 9.47 Å². The van der Waals surface area contributed by atoms with Gasteiger partial charge in [0.25, 0.3) is 0 Å². The summed E-state index contributed by atoms with van der Waals surface area (Å²) in [7, 11) is 0. The van der Waals surface area contributed by atoms with E-state index in [9.17, 15) is 4.79 Å². The molecule has 28 heavy (non-hydrogen) atoms. The molecule has 0 saturated heterocycles. The first-order valence-electron chi connectivity index (χ1n) is 10.5. The molecule has 0 aromatic heterocycles. The second kappa shape index (κ2) is 10.3. The molecule has 0 saturated carbocycles. The highest BCUT2D eigenvalue weighted by Gasteiger charge is 2.16. The van der Waals surface area contributed by atoms with Gasteiger partial charge in [-0.05, 0) is 71.9 Å². The van der Waals surface area contributed by atoms with E-state index in [0.29, 0.717) is 23.3 Å². The van der Waals surface area contributed by atoms with Crippen LogP contribution in [-0.2, 0) is 25.7 Å². The Morgan fingerprint density at radius 3 is 1.46 bits per heavy atom. The molecule has 0 amide bonds. The van der Waals surface area contributed by atoms with Crippen molar-refractivity contribution in [1.82, 2.24) is 0 Å². The van der Waals surface area contributed by atoms with Gasteiger partial charge in [0.05, 0.1) is 0 Å². The molecule has 2 aromatic rings. The Morgan fingerprint density at radius 1 is 0.750 bits per heavy atom. The zero-order valence-corrected chi connectivity index (χ0v) is 18.2. The smallest absolute Gasteiger partial charge is 0.394 e. The standard InChI is InChI=1S/C25H34O3/c1-7-19-9-11-23(21(15-19)13-17(3)4)27-25(26)28-24-12-10-20(8-2)16-22(24)14-18(5)6/h9-12,15-18H,7-8,13-14H2,1-6H3. The zero-order valence-electron chi connectivity index (χ0n) is 18.2. The first kappa shape index (κ1) is 22.0. The van der Waals surface area contributed by atoms with Crippen LogP contribution in [0.15, 0.2) is 36.4 Å². The van der Waals surface area contributed by atoms with Gasteiger partial charge in [-0.1, -0.05) is 65.8 Å². The molecule has 0 unspecified atom stereocenters. The zero-order chi connectivity index (χ0) is 20.7. The van der Waals surface area contributed by atoms with Gasteiger partial charge in [0.2, 0.25) is 0 Å². The van der Waals surface area contributed by atoms with Crippen molar-refractivity contribution < 1.29 is 14.3 Å². The predicted octanol–water partition coefficient (Wildman–Crippen LogP) is 6.79. The van der Waals surface area contributed by atoms with E-state index in [1.165, 1.54) is 11.1 Å². The highest BCUT2D eigenvalue weighted by atomic mass is 16.7. The Hall–Kier alpha value is -2.29. The molecule has 0 radical (unpaired) electrons. The Balaban J connectivity index is 2.20. The van der Waals surface area contributed by atoms with Gasteiger partial charge in [0.1, 0.15) is 11.5 Å². The third kappa shape index (κ3) is 6.40. The van der Waals surface area contributed by atoms with Crippen LogP contribution < -0.4 is 9.47 Å². The predicted molar refractivity (Wildman–Crippen MR) is 115 cm³/mol. The lowest BCUT2D eigenvalue weighted by molar-refractivity contribution is 0.150. The maximum atomic E-state index is 12.5. The van der Waals surface area contributed by atoms with Crippen molar-refractivity contribution >= 4 is 6.16 Å². The molecule has 0 aliphatic carbocycles. The topological polar surface area (TPSA) is 35.5 Å². The summed E-state index contributed by atoms with van der Waals surface area (Å²) >= 11 is 0. The Bertz CT molecular complexity index is 725. The average molecular weight is 383 g/mol. The quantitative estimate of drug-likeness (QED) is 0.372. The SMILES string of the molecule is CCc1ccc(OC(=O)Oc2ccc(CC)cc2CC(C)C)c(CC(C)C)c1. The van der Waals surface area contributed by atoms with Gasteiger partial charge in [-0.25, -0.2) is 4.79 Å². The summed E-state index contributed by atoms with van der Waals surface area (Å²) in [5.41, 5.74) is 4.58. The van der Waals surface area contributed by atoms with E-state index in [1.807, 2.05) is 24.3 Å². The lowest BCUT2D eigenvalue weighted by atomic mass is 9.99. The largest absolute Gasteiger partial charge is 0.519 e. The number of carbonyl (C=O) groups is 1. The number of hydrogen-bond donors (Lipinski definition) is 0. The third-order valence-corrected chi connectivity index (χ3v) is 4.71. The van der Waals surface area contributed by atoms with Crippen molar-refractivity contribution in [3.63, 3.8) is 0 Å². The van der Waals surface area contributed by atoms with Crippen molar-refractivity contribution in [2.75, 3.05) is 0 Å². The Labute approximate surface area is 170 Å². The summed E-state index contributed by atoms with van der Waals surface area (Å²) in [5, 5.41) is 0. The molecule has 2 rings (SSSR count). The Morgan fingerprint density at radius 2 is 1.14 bits per heavy atom. The summed E-state index contributed by atoms with van der Waals surface area (Å²) in [5.74, 6) is 2.13. The molecule has 0 N–H and O–H groups in total. The maximum Gasteiger partial charge on any atom is 0.519 e. The van der Waals surface area contributed by atoms with Crippen LogP contribution in [0, 0.1) is 11.8 Å². The minimum atomic E-state index is -0.677. The summed E-state index contributed by atoms with van der Waals surface area (Å²) in [6, 6.07) is 12.0. The first-order chi connectivity index (χ1) is 13.3. The van der Waals surface area contributed by atoms with Gasteiger partial charge in [-0.15, -0.1) is 0 Å². The fourth-order valence-electron chi connectivity index (χ4n) is 3.30. The molecule has 152 valence electrons. The van der Waals surface area contributed by atoms with E-state index >= 15 is 0 Å². The normalized spacial score (nSPS) is 11.1. The lowest BCUT2D eigenvalue weighted by Crippen LogP contribution is -2.16. The lowest BCUT2D eigenvalue weighted by Gasteiger charge is -2.15. The second-order valence-electron chi connectivity index (χ2n) is 8.24. The molecule has 2 aromatic carbocycles. The van der Waals surface area contributed by atoms with Gasteiger partial charge in [0, 0.05) is 0 Å². The molecular weight excluding hydrogens is 348 g/mol. The van der Waals surface area contributed by atoms with E-state index in [0.717, 1.165) is 36.8 Å². The average Bonchev–Trinajstić information content (AvgIpc) is 2.63. The highest BCUT2D eigenvalue weighted by Crippen LogP contribution is 2.27. The molecule has 3 nitrogen and oxygen atoms in total. The van der Waals surface area contributed by atoms with Crippen LogP contribution in [-0.4, -0.2) is 6.16 Å². The molecule has 0 atom stereocenters. The first-order valence-corrected chi connectivity index (χ1v) is 10.5. The minimum Gasteiger partial charge on any atom is -0.394 e. The number of ether oxygens (including phenoxy) is 2. The van der Waals surface area contributed by atoms with Crippen molar-refractivity contribution in [3.8, 4) is 11.5 Å². The molecule has 0 heterocycles. The maximum absolute atomic E-state index is 12.5. The van der Waals surface area contributed by atoms with Crippen LogP contribution in [0.2, 0.25) is 0 Å². The van der Waals surface area contributed by atoms with Crippen LogP contribution in [0.25, 0.3) is 0 Å². The number of rotatable bonds is 8. The third-order valence-electron chi connectivity index (χ3n) is 4.71. The molecule has 0 aliphatic rings. The van der Waals surface area contributed by atoms with E-state index < -0.39 is 6.16 Å². The number of benzene rings is 2. The summed E-state index contributed by atoms with van der Waals surface area (Å²) in [6.07, 6.45) is 2.96. The molecule has 0 fully saturated rings. The number of carbonyl (C=O) groups excluding carboxylic acids is 1. The van der Waals surface area contributed by atoms with E-state index in [-0.39, 0.29) is 0 Å². The van der Waals surface area contributed by atoms with Crippen LogP contribution in [0.5, 0.6) is 11.5 Å². The molecule has 0 aliphatic heterocycles. The molecule has 0 bridgehead atoms. The van der Waals surface area contributed by atoms with Crippen molar-refractivity contribution in [1.29, 1.82) is 0 Å². The van der Waals surface area contributed by atoms with Gasteiger partial charge >= 0.3 is 6.16 Å². The second-order valence-corrected chi connectivity index (χ2v) is 8.24. The van der Waals surface area contributed by atoms with Crippen LogP contribution in [0.4, 0.5) is 4.79 Å². The van der Waals surface area contributed by atoms with Crippen LogP contribution in [0.1, 0.15) is 63.8 Å². The molecular formula is C25H34O3. The van der Waals surface area contributed by atoms with E-state index in [2.05, 4.69) is 53.7 Å². The van der Waals surface area contributed by atoms with Crippen molar-refractivity contribution in [2.45, 2.75) is 67.2 Å². The van der Waals surface area contributed by atoms with Crippen LogP contribution in [0.3, 0.4) is 0 Å². The van der Waals surface area contributed by atoms with E-state index in [1.54, 1.807) is 0 Å². The fourth-order valence-corrected chi connectivity index (χ4v) is 3.30. The van der Waals surface area contributed by atoms with Gasteiger partial charge < -0.3 is 9.47 Å². The molecule has 0 spiro atoms. The summed E-state index contributed by atoms with van der Waals surface area (Å²) in [6.45, 7) is 12.9. The summed E-state index contributed by atoms with van der Waals surface area (Å²) < 4.78 is 11.2. The highest BCUT2D eigenvalue weighted by molar-refractivity contribution is 5.68. The Kier molecular flexibility index (Phi) is 8.10. The van der Waals surface area contributed by atoms with Crippen LogP contribution >= 0.6 is 0 Å². The van der Waals surface area contributed by atoms with Gasteiger partial charge in [-0.3, -0.25) is 0 Å². The summed E-state index contributed by atoms with van der Waals surface area (Å²) in [4.78, 5) is 12.5. The van der Waals surface area contributed by atoms with Crippen molar-refractivity contribution in [2.24, 2.45) is 11.8 Å². The van der Waals surface area contributed by atoms with Gasteiger partial charge in [-0.2, -0.15) is 0 Å². The fraction of sp³-hybridized carbons (Fsp3) is 0.480.